The number of hydrogen-bond donors (Lipinski definition) is 0. The molecule has 0 fully saturated rings. The molecule has 0 unspecified atom stereocenters. The molecule has 0 radical (unpaired) electrons. The highest BCUT2D eigenvalue weighted by atomic mass is 19.1. The maximum absolute atomic E-state index is 12.8. The van der Waals surface area contributed by atoms with E-state index in [4.69, 9.17) is 5.26 Å². The fraction of sp³-hybridized carbons (Fsp3) is 0.300. The fourth-order valence-corrected chi connectivity index (χ4v) is 1.22. The van der Waals surface area contributed by atoms with Crippen molar-refractivity contribution in [1.29, 1.82) is 5.26 Å². The molecular weight excluding hydrogens is 167 g/mol. The molecule has 0 heterocycles. The molecule has 0 amide bonds. The molecule has 2 nitrogen and oxygen atoms in total. The third-order valence-corrected chi connectivity index (χ3v) is 1.79. The minimum atomic E-state index is -0.296. The van der Waals surface area contributed by atoms with Crippen LogP contribution in [0.4, 0.5) is 10.1 Å². The Morgan fingerprint density at radius 1 is 1.46 bits per heavy atom. The average molecular weight is 178 g/mol. The van der Waals surface area contributed by atoms with E-state index in [0.717, 1.165) is 11.3 Å². The van der Waals surface area contributed by atoms with Crippen molar-refractivity contribution < 1.29 is 4.39 Å². The normalized spacial score (nSPS) is 9.38. The van der Waals surface area contributed by atoms with Gasteiger partial charge >= 0.3 is 0 Å². The third-order valence-electron chi connectivity index (χ3n) is 1.79. The monoisotopic (exact) mass is 178 g/mol. The highest BCUT2D eigenvalue weighted by Crippen LogP contribution is 2.19. The lowest BCUT2D eigenvalue weighted by Crippen LogP contribution is -2.11. The van der Waals surface area contributed by atoms with E-state index < -0.39 is 0 Å². The molecule has 1 aromatic carbocycles. The third kappa shape index (κ3) is 2.19. The first kappa shape index (κ1) is 9.53. The van der Waals surface area contributed by atoms with Gasteiger partial charge in [0.2, 0.25) is 0 Å². The summed E-state index contributed by atoms with van der Waals surface area (Å²) in [5.41, 5.74) is 1.62. The van der Waals surface area contributed by atoms with Crippen molar-refractivity contribution in [1.82, 2.24) is 0 Å². The van der Waals surface area contributed by atoms with Crippen LogP contribution in [0.5, 0.6) is 0 Å². The smallest absolute Gasteiger partial charge is 0.123 e. The largest absolute Gasteiger partial charge is 0.377 e. The van der Waals surface area contributed by atoms with E-state index in [-0.39, 0.29) is 12.2 Å². The molecule has 0 saturated heterocycles. The van der Waals surface area contributed by atoms with E-state index in [9.17, 15) is 4.39 Å². The van der Waals surface area contributed by atoms with Crippen LogP contribution in [0.1, 0.15) is 5.56 Å². The number of halogens is 1. The Hall–Kier alpha value is -1.56. The summed E-state index contributed by atoms with van der Waals surface area (Å²) >= 11 is 0. The van der Waals surface area contributed by atoms with E-state index in [1.807, 2.05) is 25.1 Å². The van der Waals surface area contributed by atoms with Crippen LogP contribution in [-0.4, -0.2) is 14.1 Å². The summed E-state index contributed by atoms with van der Waals surface area (Å²) in [7, 11) is 3.74. The number of nitrogens with zero attached hydrogens (tertiary/aromatic N) is 2. The molecule has 3 heteroatoms. The molecule has 68 valence electrons. The number of benzene rings is 1. The summed E-state index contributed by atoms with van der Waals surface area (Å²) in [5.74, 6) is -0.296. The predicted octanol–water partition coefficient (Wildman–Crippen LogP) is 1.96. The van der Waals surface area contributed by atoms with Crippen LogP contribution < -0.4 is 4.90 Å². The molecule has 0 saturated carbocycles. The Balaban J connectivity index is 3.12. The Morgan fingerprint density at radius 3 is 2.69 bits per heavy atom. The molecule has 1 rings (SSSR count). The van der Waals surface area contributed by atoms with Crippen LogP contribution in [0.15, 0.2) is 18.2 Å². The second kappa shape index (κ2) is 3.90. The topological polar surface area (TPSA) is 27.0 Å². The summed E-state index contributed by atoms with van der Waals surface area (Å²) in [6, 6.07) is 6.50. The van der Waals surface area contributed by atoms with Crippen molar-refractivity contribution in [3.8, 4) is 6.07 Å². The van der Waals surface area contributed by atoms with Gasteiger partial charge in [-0.05, 0) is 23.8 Å². The van der Waals surface area contributed by atoms with Crippen molar-refractivity contribution in [3.05, 3.63) is 29.6 Å². The number of rotatable bonds is 2. The van der Waals surface area contributed by atoms with Crippen molar-refractivity contribution in [2.24, 2.45) is 0 Å². The Kier molecular flexibility index (Phi) is 2.86. The summed E-state index contributed by atoms with van der Waals surface area (Å²) in [6.07, 6.45) is 0.241. The van der Waals surface area contributed by atoms with E-state index in [1.165, 1.54) is 12.1 Å². The van der Waals surface area contributed by atoms with Crippen LogP contribution in [0, 0.1) is 17.1 Å². The lowest BCUT2D eigenvalue weighted by molar-refractivity contribution is 0.626. The van der Waals surface area contributed by atoms with Crippen LogP contribution in [-0.2, 0) is 6.42 Å². The van der Waals surface area contributed by atoms with Gasteiger partial charge in [0.1, 0.15) is 5.82 Å². The zero-order chi connectivity index (χ0) is 9.84. The molecule has 0 spiro atoms. The summed E-state index contributed by atoms with van der Waals surface area (Å²) in [5, 5.41) is 8.53. The molecule has 0 aliphatic heterocycles. The van der Waals surface area contributed by atoms with Gasteiger partial charge in [0.15, 0.2) is 0 Å². The van der Waals surface area contributed by atoms with Crippen LogP contribution in [0.3, 0.4) is 0 Å². The second-order valence-electron chi connectivity index (χ2n) is 3.00. The standard InChI is InChI=1S/C10H11FN2/c1-13(2)10-4-3-9(11)7-8(10)5-6-12/h3-4,7H,5H2,1-2H3. The molecule has 1 aromatic rings. The first-order valence-electron chi connectivity index (χ1n) is 3.98. The second-order valence-corrected chi connectivity index (χ2v) is 3.00. The van der Waals surface area contributed by atoms with Gasteiger partial charge in [-0.2, -0.15) is 5.26 Å². The van der Waals surface area contributed by atoms with Crippen molar-refractivity contribution >= 4 is 5.69 Å². The maximum atomic E-state index is 12.8. The zero-order valence-electron chi connectivity index (χ0n) is 7.71. The van der Waals surface area contributed by atoms with Gasteiger partial charge in [0.25, 0.3) is 0 Å². The van der Waals surface area contributed by atoms with Crippen LogP contribution >= 0.6 is 0 Å². The van der Waals surface area contributed by atoms with E-state index in [2.05, 4.69) is 0 Å². The molecular formula is C10H11FN2. The van der Waals surface area contributed by atoms with E-state index in [0.29, 0.717) is 0 Å². The Labute approximate surface area is 77.2 Å². The van der Waals surface area contributed by atoms with Gasteiger partial charge in [-0.15, -0.1) is 0 Å². The summed E-state index contributed by atoms with van der Waals surface area (Å²) in [6.45, 7) is 0. The first-order valence-corrected chi connectivity index (χ1v) is 3.98. The van der Waals surface area contributed by atoms with Crippen molar-refractivity contribution in [2.75, 3.05) is 19.0 Å². The van der Waals surface area contributed by atoms with Crippen LogP contribution in [0.25, 0.3) is 0 Å². The van der Waals surface area contributed by atoms with Crippen molar-refractivity contribution in [2.45, 2.75) is 6.42 Å². The van der Waals surface area contributed by atoms with Gasteiger partial charge in [-0.1, -0.05) is 0 Å². The van der Waals surface area contributed by atoms with Crippen LogP contribution in [0.2, 0.25) is 0 Å². The molecule has 0 atom stereocenters. The summed E-state index contributed by atoms with van der Waals surface area (Å²) < 4.78 is 12.8. The fourth-order valence-electron chi connectivity index (χ4n) is 1.22. The van der Waals surface area contributed by atoms with Gasteiger partial charge in [-0.25, -0.2) is 4.39 Å². The lowest BCUT2D eigenvalue weighted by Gasteiger charge is -2.15. The molecule has 0 aromatic heterocycles. The molecule has 0 bridgehead atoms. The number of hydrogen-bond acceptors (Lipinski definition) is 2. The van der Waals surface area contributed by atoms with E-state index >= 15 is 0 Å². The maximum Gasteiger partial charge on any atom is 0.123 e. The van der Waals surface area contributed by atoms with Gasteiger partial charge < -0.3 is 4.90 Å². The first-order chi connectivity index (χ1) is 6.15. The number of nitriles is 1. The highest BCUT2D eigenvalue weighted by molar-refractivity contribution is 5.53. The molecule has 0 aliphatic rings. The Morgan fingerprint density at radius 2 is 2.15 bits per heavy atom. The Bertz CT molecular complexity index is 339. The number of anilines is 1. The molecule has 0 N–H and O–H groups in total. The quantitative estimate of drug-likeness (QED) is 0.692. The SMILES string of the molecule is CN(C)c1ccc(F)cc1CC#N. The van der Waals surface area contributed by atoms with Gasteiger partial charge in [0, 0.05) is 19.8 Å². The minimum absolute atomic E-state index is 0.241. The average Bonchev–Trinajstić information content (AvgIpc) is 2.04. The molecule has 13 heavy (non-hydrogen) atoms. The minimum Gasteiger partial charge on any atom is -0.377 e. The highest BCUT2D eigenvalue weighted by Gasteiger charge is 2.04. The van der Waals surface area contributed by atoms with Gasteiger partial charge in [-0.3, -0.25) is 0 Å². The predicted molar refractivity (Wildman–Crippen MR) is 50.0 cm³/mol. The van der Waals surface area contributed by atoms with E-state index in [1.54, 1.807) is 6.07 Å². The van der Waals surface area contributed by atoms with Crippen molar-refractivity contribution in [3.63, 3.8) is 0 Å². The lowest BCUT2D eigenvalue weighted by atomic mass is 10.1. The molecule has 0 aliphatic carbocycles. The zero-order valence-corrected chi connectivity index (χ0v) is 7.71. The summed E-state index contributed by atoms with van der Waals surface area (Å²) in [4.78, 5) is 1.87. The van der Waals surface area contributed by atoms with Gasteiger partial charge in [0.05, 0.1) is 12.5 Å².